The first-order chi connectivity index (χ1) is 9.66. The maximum atomic E-state index is 12.2. The number of ether oxygens (including phenoxy) is 1. The fourth-order valence-corrected chi connectivity index (χ4v) is 2.88. The van der Waals surface area contributed by atoms with Crippen LogP contribution in [0.15, 0.2) is 30.3 Å². The molecule has 2 N–H and O–H groups in total. The van der Waals surface area contributed by atoms with Gasteiger partial charge in [0.15, 0.2) is 0 Å². The first-order valence-corrected chi connectivity index (χ1v) is 8.37. The Hall–Kier alpha value is -0.950. The van der Waals surface area contributed by atoms with E-state index >= 15 is 0 Å². The molecular weight excluding hydrogens is 312 g/mol. The number of hydrogen-bond donors (Lipinski definition) is 2. The molecule has 1 aliphatic heterocycles. The van der Waals surface area contributed by atoms with Crippen molar-refractivity contribution >= 4 is 29.1 Å². The van der Waals surface area contributed by atoms with Gasteiger partial charge in [0.25, 0.3) is 5.91 Å². The summed E-state index contributed by atoms with van der Waals surface area (Å²) in [4.78, 5) is 12.2. The van der Waals surface area contributed by atoms with Gasteiger partial charge in [-0.25, -0.2) is 0 Å². The van der Waals surface area contributed by atoms with Crippen molar-refractivity contribution in [3.63, 3.8) is 0 Å². The van der Waals surface area contributed by atoms with Gasteiger partial charge in [-0.15, -0.1) is 12.4 Å². The largest absolute Gasteiger partial charge is 0.366 e. The summed E-state index contributed by atoms with van der Waals surface area (Å²) in [6, 6.07) is 9.34. The second kappa shape index (κ2) is 9.15. The van der Waals surface area contributed by atoms with Gasteiger partial charge in [0.05, 0.1) is 12.6 Å². The van der Waals surface area contributed by atoms with Crippen LogP contribution in [-0.2, 0) is 20.3 Å². The Morgan fingerprint density at radius 2 is 2.19 bits per heavy atom. The Balaban J connectivity index is 0.00000220. The number of carbonyl (C=O) groups is 1. The van der Waals surface area contributed by atoms with Crippen molar-refractivity contribution in [1.82, 2.24) is 10.6 Å². The number of hydrogen-bond acceptors (Lipinski definition) is 4. The number of halogens is 1. The Bertz CT molecular complexity index is 467. The Morgan fingerprint density at radius 3 is 2.76 bits per heavy atom. The SMILES string of the molecule is CS(=O)CC(NC(=O)C1CNCCO1)c1ccccc1.Cl. The molecule has 1 amide bonds. The Kier molecular flexibility index (Phi) is 7.88. The van der Waals surface area contributed by atoms with Crippen molar-refractivity contribution < 1.29 is 13.7 Å². The van der Waals surface area contributed by atoms with E-state index in [1.165, 1.54) is 0 Å². The van der Waals surface area contributed by atoms with E-state index in [0.29, 0.717) is 18.9 Å². The Morgan fingerprint density at radius 1 is 1.48 bits per heavy atom. The minimum atomic E-state index is -0.989. The molecule has 1 aromatic rings. The predicted molar refractivity (Wildman–Crippen MR) is 86.1 cm³/mol. The van der Waals surface area contributed by atoms with Gasteiger partial charge in [-0.2, -0.15) is 0 Å². The fourth-order valence-electron chi connectivity index (χ4n) is 2.14. The van der Waals surface area contributed by atoms with Gasteiger partial charge < -0.3 is 15.4 Å². The number of benzene rings is 1. The van der Waals surface area contributed by atoms with Crippen molar-refractivity contribution in [2.24, 2.45) is 0 Å². The molecule has 3 atom stereocenters. The summed E-state index contributed by atoms with van der Waals surface area (Å²) in [6.07, 6.45) is 1.17. The molecule has 3 unspecified atom stereocenters. The van der Waals surface area contributed by atoms with E-state index in [0.717, 1.165) is 12.1 Å². The molecule has 1 heterocycles. The number of morpholine rings is 1. The third-order valence-electron chi connectivity index (χ3n) is 3.14. The summed E-state index contributed by atoms with van der Waals surface area (Å²) in [5, 5.41) is 6.06. The highest BCUT2D eigenvalue weighted by molar-refractivity contribution is 7.84. The normalized spacial score (nSPS) is 20.9. The molecule has 7 heteroatoms. The molecule has 21 heavy (non-hydrogen) atoms. The molecule has 0 saturated carbocycles. The molecule has 0 bridgehead atoms. The standard InChI is InChI=1S/C14H20N2O3S.ClH/c1-20(18)10-12(11-5-3-2-4-6-11)16-14(17)13-9-15-7-8-19-13;/h2-6,12-13,15H,7-10H2,1H3,(H,16,17);1H. The Labute approximate surface area is 133 Å². The van der Waals surface area contributed by atoms with E-state index in [4.69, 9.17) is 4.74 Å². The van der Waals surface area contributed by atoms with Gasteiger partial charge in [0.2, 0.25) is 0 Å². The quantitative estimate of drug-likeness (QED) is 0.830. The van der Waals surface area contributed by atoms with Crippen molar-refractivity contribution in [2.45, 2.75) is 12.1 Å². The molecule has 5 nitrogen and oxygen atoms in total. The van der Waals surface area contributed by atoms with E-state index < -0.39 is 16.9 Å². The summed E-state index contributed by atoms with van der Waals surface area (Å²) in [7, 11) is -0.989. The molecule has 1 fully saturated rings. The number of nitrogens with one attached hydrogen (secondary N) is 2. The van der Waals surface area contributed by atoms with Crippen LogP contribution in [0.4, 0.5) is 0 Å². The monoisotopic (exact) mass is 332 g/mol. The van der Waals surface area contributed by atoms with Gasteiger partial charge in [-0.05, 0) is 5.56 Å². The van der Waals surface area contributed by atoms with Crippen LogP contribution in [0, 0.1) is 0 Å². The average molecular weight is 333 g/mol. The highest BCUT2D eigenvalue weighted by Gasteiger charge is 2.25. The summed E-state index contributed by atoms with van der Waals surface area (Å²) < 4.78 is 16.9. The van der Waals surface area contributed by atoms with Crippen LogP contribution in [0.3, 0.4) is 0 Å². The zero-order valence-corrected chi connectivity index (χ0v) is 13.5. The maximum Gasteiger partial charge on any atom is 0.250 e. The topological polar surface area (TPSA) is 67.4 Å². The minimum Gasteiger partial charge on any atom is -0.366 e. The van der Waals surface area contributed by atoms with E-state index in [-0.39, 0.29) is 24.4 Å². The number of carbonyl (C=O) groups excluding carboxylic acids is 1. The predicted octanol–water partition coefficient (Wildman–Crippen LogP) is 0.633. The third kappa shape index (κ3) is 5.74. The molecular formula is C14H21ClN2O3S. The molecule has 118 valence electrons. The molecule has 0 aliphatic carbocycles. The second-order valence-electron chi connectivity index (χ2n) is 4.78. The zero-order valence-electron chi connectivity index (χ0n) is 11.9. The molecule has 0 spiro atoms. The highest BCUT2D eigenvalue weighted by Crippen LogP contribution is 2.14. The lowest BCUT2D eigenvalue weighted by molar-refractivity contribution is -0.134. The van der Waals surface area contributed by atoms with Crippen molar-refractivity contribution in [3.8, 4) is 0 Å². The van der Waals surface area contributed by atoms with Crippen LogP contribution in [0.1, 0.15) is 11.6 Å². The molecule has 0 aromatic heterocycles. The summed E-state index contributed by atoms with van der Waals surface area (Å²) in [5.41, 5.74) is 0.958. The van der Waals surface area contributed by atoms with Gasteiger partial charge in [-0.1, -0.05) is 30.3 Å². The third-order valence-corrected chi connectivity index (χ3v) is 3.94. The van der Waals surface area contributed by atoms with Crippen LogP contribution >= 0.6 is 12.4 Å². The average Bonchev–Trinajstić information content (AvgIpc) is 2.48. The van der Waals surface area contributed by atoms with Crippen molar-refractivity contribution in [3.05, 3.63) is 35.9 Å². The summed E-state index contributed by atoms with van der Waals surface area (Å²) in [5.74, 6) is 0.243. The van der Waals surface area contributed by atoms with Gasteiger partial charge in [-0.3, -0.25) is 9.00 Å². The van der Waals surface area contributed by atoms with Crippen molar-refractivity contribution in [1.29, 1.82) is 0 Å². The van der Waals surface area contributed by atoms with Crippen molar-refractivity contribution in [2.75, 3.05) is 31.7 Å². The van der Waals surface area contributed by atoms with Gasteiger partial charge in [0, 0.05) is 35.9 Å². The van der Waals surface area contributed by atoms with E-state index in [1.54, 1.807) is 6.26 Å². The van der Waals surface area contributed by atoms with Gasteiger partial charge in [0.1, 0.15) is 6.10 Å². The molecule has 1 saturated heterocycles. The summed E-state index contributed by atoms with van der Waals surface area (Å²) >= 11 is 0. The lowest BCUT2D eigenvalue weighted by Crippen LogP contribution is -2.49. The zero-order chi connectivity index (χ0) is 14.4. The molecule has 1 aliphatic rings. The summed E-state index contributed by atoms with van der Waals surface area (Å²) in [6.45, 7) is 1.82. The number of rotatable bonds is 5. The second-order valence-corrected chi connectivity index (χ2v) is 6.25. The fraction of sp³-hybridized carbons (Fsp3) is 0.500. The van der Waals surface area contributed by atoms with Crippen LogP contribution in [-0.4, -0.2) is 47.9 Å². The van der Waals surface area contributed by atoms with Crippen LogP contribution < -0.4 is 10.6 Å². The lowest BCUT2D eigenvalue weighted by atomic mass is 10.1. The van der Waals surface area contributed by atoms with Gasteiger partial charge >= 0.3 is 0 Å². The maximum absolute atomic E-state index is 12.2. The smallest absolute Gasteiger partial charge is 0.250 e. The first kappa shape index (κ1) is 18.1. The van der Waals surface area contributed by atoms with Crippen LogP contribution in [0.25, 0.3) is 0 Å². The molecule has 1 aromatic carbocycles. The highest BCUT2D eigenvalue weighted by atomic mass is 35.5. The number of amides is 1. The van der Waals surface area contributed by atoms with Crippen LogP contribution in [0.2, 0.25) is 0 Å². The van der Waals surface area contributed by atoms with E-state index in [1.807, 2.05) is 30.3 Å². The van der Waals surface area contributed by atoms with E-state index in [2.05, 4.69) is 10.6 Å². The first-order valence-electron chi connectivity index (χ1n) is 6.64. The van der Waals surface area contributed by atoms with Crippen LogP contribution in [0.5, 0.6) is 0 Å². The van der Waals surface area contributed by atoms with E-state index in [9.17, 15) is 9.00 Å². The molecule has 0 radical (unpaired) electrons. The minimum absolute atomic E-state index is 0. The lowest BCUT2D eigenvalue weighted by Gasteiger charge is -2.25. The molecule has 2 rings (SSSR count).